The Morgan fingerprint density at radius 2 is 2.08 bits per heavy atom. The quantitative estimate of drug-likeness (QED) is 0.575. The maximum atomic E-state index is 11.2. The fourth-order valence-corrected chi connectivity index (χ4v) is 1.08. The maximum absolute atomic E-state index is 11.2. The van der Waals surface area contributed by atoms with Crippen LogP contribution in [-0.4, -0.2) is 23.0 Å². The van der Waals surface area contributed by atoms with Gasteiger partial charge in [0.2, 0.25) is 0 Å². The number of hydrogen-bond donors (Lipinski definition) is 0. The first-order chi connectivity index (χ1) is 5.52. The summed E-state index contributed by atoms with van der Waals surface area (Å²) in [5, 5.41) is 0.884. The molecule has 1 atom stereocenters. The van der Waals surface area contributed by atoms with Gasteiger partial charge in [0.25, 0.3) is 11.8 Å². The summed E-state index contributed by atoms with van der Waals surface area (Å²) in [5.41, 5.74) is 0. The number of imide groups is 1. The van der Waals surface area contributed by atoms with Gasteiger partial charge in [-0.25, -0.2) is 0 Å². The zero-order valence-corrected chi connectivity index (χ0v) is 7.53. The van der Waals surface area contributed by atoms with Crippen molar-refractivity contribution in [3.63, 3.8) is 0 Å². The van der Waals surface area contributed by atoms with E-state index in [4.69, 9.17) is 4.84 Å². The van der Waals surface area contributed by atoms with Crippen molar-refractivity contribution in [2.45, 2.75) is 33.3 Å². The van der Waals surface area contributed by atoms with Gasteiger partial charge < -0.3 is 0 Å². The highest BCUT2D eigenvalue weighted by Crippen LogP contribution is 2.19. The number of carbonyl (C=O) groups excluding carboxylic acids is 2. The lowest BCUT2D eigenvalue weighted by molar-refractivity contribution is -0.199. The van der Waals surface area contributed by atoms with Crippen LogP contribution in [0.5, 0.6) is 0 Å². The van der Waals surface area contributed by atoms with Crippen molar-refractivity contribution in [3.8, 4) is 0 Å². The second-order valence-corrected chi connectivity index (χ2v) is 3.29. The van der Waals surface area contributed by atoms with Gasteiger partial charge in [0, 0.05) is 12.3 Å². The van der Waals surface area contributed by atoms with E-state index in [-0.39, 0.29) is 30.3 Å². The van der Waals surface area contributed by atoms with E-state index in [2.05, 4.69) is 0 Å². The van der Waals surface area contributed by atoms with Gasteiger partial charge in [-0.1, -0.05) is 6.92 Å². The van der Waals surface area contributed by atoms with Crippen LogP contribution in [0.2, 0.25) is 0 Å². The van der Waals surface area contributed by atoms with E-state index in [9.17, 15) is 9.59 Å². The van der Waals surface area contributed by atoms with Crippen molar-refractivity contribution in [3.05, 3.63) is 0 Å². The first kappa shape index (κ1) is 9.19. The molecule has 0 aliphatic carbocycles. The lowest BCUT2D eigenvalue weighted by atomic mass is 10.1. The van der Waals surface area contributed by atoms with Crippen LogP contribution in [0.1, 0.15) is 27.2 Å². The highest BCUT2D eigenvalue weighted by molar-refractivity contribution is 6.02. The molecule has 0 aromatic rings. The summed E-state index contributed by atoms with van der Waals surface area (Å²) in [6, 6.07) is 0. The molecule has 1 fully saturated rings. The monoisotopic (exact) mass is 171 g/mol. The summed E-state index contributed by atoms with van der Waals surface area (Å²) >= 11 is 0. The molecule has 4 heteroatoms. The summed E-state index contributed by atoms with van der Waals surface area (Å²) in [6.07, 6.45) is 0.133. The van der Waals surface area contributed by atoms with E-state index < -0.39 is 0 Å². The fourth-order valence-electron chi connectivity index (χ4n) is 1.08. The van der Waals surface area contributed by atoms with Crippen molar-refractivity contribution >= 4 is 11.8 Å². The van der Waals surface area contributed by atoms with Crippen molar-refractivity contribution < 1.29 is 14.4 Å². The molecule has 0 saturated carbocycles. The predicted molar refractivity (Wildman–Crippen MR) is 41.9 cm³/mol. The van der Waals surface area contributed by atoms with Gasteiger partial charge in [-0.2, -0.15) is 5.06 Å². The van der Waals surface area contributed by atoms with Crippen molar-refractivity contribution in [1.82, 2.24) is 5.06 Å². The molecule has 1 saturated heterocycles. The van der Waals surface area contributed by atoms with Gasteiger partial charge in [-0.05, 0) is 13.8 Å². The number of amides is 2. The molecular weight excluding hydrogens is 158 g/mol. The van der Waals surface area contributed by atoms with Crippen LogP contribution in [-0.2, 0) is 14.4 Å². The normalized spacial score (nSPS) is 24.3. The summed E-state index contributed by atoms with van der Waals surface area (Å²) in [7, 11) is 0. The summed E-state index contributed by atoms with van der Waals surface area (Å²) in [4.78, 5) is 27.4. The summed E-state index contributed by atoms with van der Waals surface area (Å²) < 4.78 is 0. The molecular formula is C8H13NO3. The maximum Gasteiger partial charge on any atom is 0.256 e. The van der Waals surface area contributed by atoms with Crippen LogP contribution >= 0.6 is 0 Å². The zero-order chi connectivity index (χ0) is 9.30. The van der Waals surface area contributed by atoms with Crippen molar-refractivity contribution in [2.75, 3.05) is 0 Å². The van der Waals surface area contributed by atoms with Gasteiger partial charge in [0.1, 0.15) is 0 Å². The van der Waals surface area contributed by atoms with Gasteiger partial charge in [0.05, 0.1) is 6.10 Å². The molecule has 0 aromatic heterocycles. The Kier molecular flexibility index (Phi) is 2.47. The first-order valence-corrected chi connectivity index (χ1v) is 4.06. The zero-order valence-electron chi connectivity index (χ0n) is 7.53. The summed E-state index contributed by atoms with van der Waals surface area (Å²) in [6.45, 7) is 5.29. The molecule has 1 aliphatic heterocycles. The topological polar surface area (TPSA) is 46.6 Å². The average molecular weight is 171 g/mol. The lowest BCUT2D eigenvalue weighted by Gasteiger charge is -2.16. The molecule has 0 spiro atoms. The van der Waals surface area contributed by atoms with Crippen LogP contribution in [0.3, 0.4) is 0 Å². The van der Waals surface area contributed by atoms with E-state index in [1.807, 2.05) is 0 Å². The number of hydroxylamine groups is 2. The number of nitrogens with zero attached hydrogens (tertiary/aromatic N) is 1. The van der Waals surface area contributed by atoms with Gasteiger partial charge >= 0.3 is 0 Å². The Morgan fingerprint density at radius 1 is 1.50 bits per heavy atom. The van der Waals surface area contributed by atoms with Gasteiger partial charge in [-0.15, -0.1) is 0 Å². The molecule has 12 heavy (non-hydrogen) atoms. The smallest absolute Gasteiger partial charge is 0.256 e. The Labute approximate surface area is 71.4 Å². The van der Waals surface area contributed by atoms with Crippen LogP contribution in [0, 0.1) is 5.92 Å². The number of rotatable bonds is 2. The molecule has 0 N–H and O–H groups in total. The minimum atomic E-state index is -0.235. The molecule has 1 heterocycles. The van der Waals surface area contributed by atoms with Crippen LogP contribution in [0.15, 0.2) is 0 Å². The molecule has 1 rings (SSSR count). The molecule has 0 bridgehead atoms. The Morgan fingerprint density at radius 3 is 2.42 bits per heavy atom. The Hall–Kier alpha value is -0.900. The second kappa shape index (κ2) is 3.23. The third kappa shape index (κ3) is 1.64. The minimum absolute atomic E-state index is 0.136. The van der Waals surface area contributed by atoms with Crippen LogP contribution in [0.4, 0.5) is 0 Å². The van der Waals surface area contributed by atoms with E-state index in [0.29, 0.717) is 0 Å². The lowest BCUT2D eigenvalue weighted by Crippen LogP contribution is -2.33. The van der Waals surface area contributed by atoms with Crippen LogP contribution < -0.4 is 0 Å². The predicted octanol–water partition coefficient (Wildman–Crippen LogP) is 0.721. The largest absolute Gasteiger partial charge is 0.272 e. The SMILES string of the molecule is CC(C)ON1C(=O)CC(C)C1=O. The third-order valence-corrected chi connectivity index (χ3v) is 1.65. The van der Waals surface area contributed by atoms with Crippen LogP contribution in [0.25, 0.3) is 0 Å². The second-order valence-electron chi connectivity index (χ2n) is 3.29. The van der Waals surface area contributed by atoms with Gasteiger partial charge in [-0.3, -0.25) is 14.4 Å². The van der Waals surface area contributed by atoms with E-state index in [1.54, 1.807) is 20.8 Å². The van der Waals surface area contributed by atoms with E-state index in [0.717, 1.165) is 5.06 Å². The third-order valence-electron chi connectivity index (χ3n) is 1.65. The molecule has 1 aliphatic rings. The molecule has 1 unspecified atom stereocenters. The highest BCUT2D eigenvalue weighted by atomic mass is 16.7. The molecule has 0 radical (unpaired) electrons. The molecule has 0 aromatic carbocycles. The molecule has 68 valence electrons. The summed E-state index contributed by atoms with van der Waals surface area (Å²) in [5.74, 6) is -0.689. The number of hydrogen-bond acceptors (Lipinski definition) is 3. The standard InChI is InChI=1S/C8H13NO3/c1-5(2)12-9-7(10)4-6(3)8(9)11/h5-6H,4H2,1-3H3. The Balaban J connectivity index is 2.64. The fraction of sp³-hybridized carbons (Fsp3) is 0.750. The van der Waals surface area contributed by atoms with E-state index in [1.165, 1.54) is 0 Å². The van der Waals surface area contributed by atoms with Gasteiger partial charge in [0.15, 0.2) is 0 Å². The minimum Gasteiger partial charge on any atom is -0.272 e. The molecule has 2 amide bonds. The first-order valence-electron chi connectivity index (χ1n) is 4.06. The molecule has 4 nitrogen and oxygen atoms in total. The van der Waals surface area contributed by atoms with E-state index >= 15 is 0 Å². The average Bonchev–Trinajstić information content (AvgIpc) is 2.16. The number of carbonyl (C=O) groups is 2. The van der Waals surface area contributed by atoms with Crippen molar-refractivity contribution in [2.24, 2.45) is 5.92 Å². The Bertz CT molecular complexity index is 212. The van der Waals surface area contributed by atoms with Crippen molar-refractivity contribution in [1.29, 1.82) is 0 Å². The highest BCUT2D eigenvalue weighted by Gasteiger charge is 2.37.